The summed E-state index contributed by atoms with van der Waals surface area (Å²) in [6.07, 6.45) is -0.204. The highest BCUT2D eigenvalue weighted by atomic mass is 16.7. The molecule has 0 bridgehead atoms. The highest BCUT2D eigenvalue weighted by Crippen LogP contribution is 2.25. The fourth-order valence-electron chi connectivity index (χ4n) is 1.23. The largest absolute Gasteiger partial charge is 0.464 e. The van der Waals surface area contributed by atoms with Crippen LogP contribution in [0.2, 0.25) is 0 Å². The Morgan fingerprint density at radius 1 is 1.13 bits per heavy atom. The van der Waals surface area contributed by atoms with Crippen LogP contribution in [0.25, 0.3) is 0 Å². The summed E-state index contributed by atoms with van der Waals surface area (Å²) < 4.78 is 11.4. The van der Waals surface area contributed by atoms with Gasteiger partial charge in [-0.3, -0.25) is 0 Å². The van der Waals surface area contributed by atoms with Crippen molar-refractivity contribution in [3.8, 4) is 5.75 Å². The van der Waals surface area contributed by atoms with Crippen molar-refractivity contribution >= 4 is 0 Å². The standard InChI is InChI=1S/C13H20O2/c1-5-14-12(13(2,3)4)15-11-9-7-6-8-10-11/h6-10,12H,5H2,1-4H3. The van der Waals surface area contributed by atoms with Crippen LogP contribution in [-0.4, -0.2) is 12.9 Å². The second-order valence-electron chi connectivity index (χ2n) is 4.58. The van der Waals surface area contributed by atoms with Crippen LogP contribution >= 0.6 is 0 Å². The van der Waals surface area contributed by atoms with Crippen molar-refractivity contribution in [2.24, 2.45) is 5.41 Å². The maximum absolute atomic E-state index is 5.80. The average molecular weight is 208 g/mol. The Kier molecular flexibility index (Phi) is 4.15. The van der Waals surface area contributed by atoms with Gasteiger partial charge in [-0.1, -0.05) is 39.0 Å². The smallest absolute Gasteiger partial charge is 0.204 e. The van der Waals surface area contributed by atoms with Crippen molar-refractivity contribution in [1.29, 1.82) is 0 Å². The summed E-state index contributed by atoms with van der Waals surface area (Å²) in [4.78, 5) is 0. The van der Waals surface area contributed by atoms with E-state index in [4.69, 9.17) is 9.47 Å². The van der Waals surface area contributed by atoms with Gasteiger partial charge in [-0.05, 0) is 19.1 Å². The van der Waals surface area contributed by atoms with E-state index in [9.17, 15) is 0 Å². The van der Waals surface area contributed by atoms with Gasteiger partial charge in [-0.2, -0.15) is 0 Å². The molecule has 1 unspecified atom stereocenters. The van der Waals surface area contributed by atoms with E-state index in [1.807, 2.05) is 37.3 Å². The molecule has 1 aromatic carbocycles. The normalized spacial score (nSPS) is 13.6. The minimum absolute atomic E-state index is 0.0220. The molecule has 84 valence electrons. The van der Waals surface area contributed by atoms with Gasteiger partial charge in [0.15, 0.2) is 0 Å². The molecule has 1 rings (SSSR count). The summed E-state index contributed by atoms with van der Waals surface area (Å²) in [5.41, 5.74) is -0.0220. The summed E-state index contributed by atoms with van der Waals surface area (Å²) in [5.74, 6) is 0.853. The van der Waals surface area contributed by atoms with Crippen molar-refractivity contribution in [3.63, 3.8) is 0 Å². The molecular formula is C13H20O2. The first-order chi connectivity index (χ1) is 7.04. The molecule has 1 atom stereocenters. The Morgan fingerprint density at radius 2 is 1.73 bits per heavy atom. The van der Waals surface area contributed by atoms with E-state index < -0.39 is 0 Å². The van der Waals surface area contributed by atoms with E-state index in [2.05, 4.69) is 20.8 Å². The van der Waals surface area contributed by atoms with Crippen LogP contribution < -0.4 is 4.74 Å². The molecule has 2 nitrogen and oxygen atoms in total. The third-order valence-corrected chi connectivity index (χ3v) is 2.01. The van der Waals surface area contributed by atoms with Crippen LogP contribution in [0.5, 0.6) is 5.75 Å². The van der Waals surface area contributed by atoms with Crippen molar-refractivity contribution in [2.45, 2.75) is 34.0 Å². The van der Waals surface area contributed by atoms with Crippen LogP contribution in [-0.2, 0) is 4.74 Å². The predicted molar refractivity (Wildman–Crippen MR) is 61.9 cm³/mol. The molecule has 0 aliphatic rings. The third kappa shape index (κ3) is 3.92. The van der Waals surface area contributed by atoms with Gasteiger partial charge in [0.1, 0.15) is 5.75 Å². The molecule has 0 saturated carbocycles. The predicted octanol–water partition coefficient (Wildman–Crippen LogP) is 3.47. The number of ether oxygens (including phenoxy) is 2. The number of hydrogen-bond acceptors (Lipinski definition) is 2. The van der Waals surface area contributed by atoms with E-state index in [0.717, 1.165) is 5.75 Å². The average Bonchev–Trinajstić information content (AvgIpc) is 2.17. The Morgan fingerprint density at radius 3 is 2.20 bits per heavy atom. The van der Waals surface area contributed by atoms with Crippen LogP contribution in [0.15, 0.2) is 30.3 Å². The molecule has 0 aliphatic carbocycles. The highest BCUT2D eigenvalue weighted by molar-refractivity contribution is 5.21. The van der Waals surface area contributed by atoms with Crippen LogP contribution in [0.3, 0.4) is 0 Å². The van der Waals surface area contributed by atoms with Crippen LogP contribution in [0.1, 0.15) is 27.7 Å². The second kappa shape index (κ2) is 5.17. The molecule has 15 heavy (non-hydrogen) atoms. The van der Waals surface area contributed by atoms with Crippen molar-refractivity contribution in [2.75, 3.05) is 6.61 Å². The van der Waals surface area contributed by atoms with Gasteiger partial charge in [-0.25, -0.2) is 0 Å². The monoisotopic (exact) mass is 208 g/mol. The molecule has 0 aromatic heterocycles. The molecule has 0 aliphatic heterocycles. The summed E-state index contributed by atoms with van der Waals surface area (Å²) >= 11 is 0. The molecule has 0 N–H and O–H groups in total. The maximum atomic E-state index is 5.80. The van der Waals surface area contributed by atoms with E-state index in [1.54, 1.807) is 0 Å². The van der Waals surface area contributed by atoms with Crippen molar-refractivity contribution < 1.29 is 9.47 Å². The third-order valence-electron chi connectivity index (χ3n) is 2.01. The molecule has 0 saturated heterocycles. The second-order valence-corrected chi connectivity index (χ2v) is 4.58. The van der Waals surface area contributed by atoms with Crippen molar-refractivity contribution in [1.82, 2.24) is 0 Å². The topological polar surface area (TPSA) is 18.5 Å². The molecule has 0 heterocycles. The summed E-state index contributed by atoms with van der Waals surface area (Å²) in [6.45, 7) is 8.96. The minimum atomic E-state index is -0.204. The number of hydrogen-bond donors (Lipinski definition) is 0. The van der Waals surface area contributed by atoms with E-state index in [-0.39, 0.29) is 11.7 Å². The zero-order chi connectivity index (χ0) is 11.3. The molecule has 2 heteroatoms. The Labute approximate surface area is 92.2 Å². The first-order valence-electron chi connectivity index (χ1n) is 5.37. The number of para-hydroxylation sites is 1. The van der Waals surface area contributed by atoms with Gasteiger partial charge in [0.05, 0.1) is 0 Å². The number of benzene rings is 1. The Bertz CT molecular complexity index is 274. The Hall–Kier alpha value is -1.02. The van der Waals surface area contributed by atoms with Crippen molar-refractivity contribution in [3.05, 3.63) is 30.3 Å². The molecular weight excluding hydrogens is 188 g/mol. The van der Waals surface area contributed by atoms with Crippen LogP contribution in [0, 0.1) is 5.41 Å². The molecule has 0 amide bonds. The summed E-state index contributed by atoms with van der Waals surface area (Å²) in [7, 11) is 0. The molecule has 0 fully saturated rings. The van der Waals surface area contributed by atoms with Gasteiger partial charge in [0, 0.05) is 12.0 Å². The fraction of sp³-hybridized carbons (Fsp3) is 0.538. The zero-order valence-corrected chi connectivity index (χ0v) is 9.99. The lowest BCUT2D eigenvalue weighted by Crippen LogP contribution is -2.34. The number of rotatable bonds is 4. The molecule has 0 spiro atoms. The van der Waals surface area contributed by atoms with E-state index in [0.29, 0.717) is 6.61 Å². The fourth-order valence-corrected chi connectivity index (χ4v) is 1.23. The van der Waals surface area contributed by atoms with Gasteiger partial charge < -0.3 is 9.47 Å². The Balaban J connectivity index is 2.67. The summed E-state index contributed by atoms with van der Waals surface area (Å²) in [6, 6.07) is 9.77. The van der Waals surface area contributed by atoms with E-state index >= 15 is 0 Å². The van der Waals surface area contributed by atoms with Gasteiger partial charge in [0.2, 0.25) is 6.29 Å². The maximum Gasteiger partial charge on any atom is 0.204 e. The van der Waals surface area contributed by atoms with Gasteiger partial charge >= 0.3 is 0 Å². The quantitative estimate of drug-likeness (QED) is 0.705. The first kappa shape index (κ1) is 12.1. The molecule has 1 aromatic rings. The summed E-state index contributed by atoms with van der Waals surface area (Å²) in [5, 5.41) is 0. The van der Waals surface area contributed by atoms with Crippen LogP contribution in [0.4, 0.5) is 0 Å². The highest BCUT2D eigenvalue weighted by Gasteiger charge is 2.26. The first-order valence-corrected chi connectivity index (χ1v) is 5.37. The lowest BCUT2D eigenvalue weighted by atomic mass is 9.96. The molecule has 0 radical (unpaired) electrons. The van der Waals surface area contributed by atoms with Gasteiger partial charge in [-0.15, -0.1) is 0 Å². The lowest BCUT2D eigenvalue weighted by molar-refractivity contribution is -0.137. The SMILES string of the molecule is CCOC(Oc1ccccc1)C(C)(C)C. The van der Waals surface area contributed by atoms with Gasteiger partial charge in [0.25, 0.3) is 0 Å². The van der Waals surface area contributed by atoms with E-state index in [1.165, 1.54) is 0 Å². The minimum Gasteiger partial charge on any atom is -0.464 e. The lowest BCUT2D eigenvalue weighted by Gasteiger charge is -2.30. The zero-order valence-electron chi connectivity index (χ0n) is 9.99.